The molecule has 0 aromatic carbocycles. The average Bonchev–Trinajstić information content (AvgIpc) is 3.06. The molecule has 0 aliphatic carbocycles. The van der Waals surface area contributed by atoms with Gasteiger partial charge < -0.3 is 20.3 Å². The van der Waals surface area contributed by atoms with Crippen molar-refractivity contribution in [2.24, 2.45) is 0 Å². The molecule has 0 fully saturated rings. The highest BCUT2D eigenvalue weighted by atomic mass is 32.1. The lowest BCUT2D eigenvalue weighted by Gasteiger charge is -2.21. The summed E-state index contributed by atoms with van der Waals surface area (Å²) in [4.78, 5) is 41.3. The third kappa shape index (κ3) is 7.51. The quantitative estimate of drug-likeness (QED) is 0.611. The van der Waals surface area contributed by atoms with Crippen LogP contribution in [0.5, 0.6) is 0 Å². The Hall–Kier alpha value is -2.16. The smallest absolute Gasteiger partial charge is 0.325 e. The SMILES string of the molecule is CCCNC(=O)c1csc(CN(CCC)C(=O)NCC(=O)OCC)n1. The number of nitrogens with one attached hydrogen (secondary N) is 2. The third-order valence-corrected chi connectivity index (χ3v) is 3.95. The number of thiazole rings is 1. The van der Waals surface area contributed by atoms with E-state index in [1.165, 1.54) is 11.3 Å². The number of aromatic nitrogens is 1. The zero-order valence-corrected chi connectivity index (χ0v) is 15.8. The van der Waals surface area contributed by atoms with Crippen molar-refractivity contribution in [3.8, 4) is 0 Å². The van der Waals surface area contributed by atoms with Gasteiger partial charge in [0.05, 0.1) is 13.2 Å². The number of urea groups is 1. The second kappa shape index (κ2) is 11.4. The van der Waals surface area contributed by atoms with E-state index in [1.807, 2.05) is 13.8 Å². The zero-order valence-electron chi connectivity index (χ0n) is 15.0. The maximum absolute atomic E-state index is 12.2. The summed E-state index contributed by atoms with van der Waals surface area (Å²) in [6.07, 6.45) is 1.62. The van der Waals surface area contributed by atoms with Crippen molar-refractivity contribution in [3.05, 3.63) is 16.1 Å². The summed E-state index contributed by atoms with van der Waals surface area (Å²) in [7, 11) is 0. The molecule has 0 saturated carbocycles. The number of carbonyl (C=O) groups excluding carboxylic acids is 3. The van der Waals surface area contributed by atoms with Crippen LogP contribution in [0, 0.1) is 0 Å². The minimum Gasteiger partial charge on any atom is -0.465 e. The Morgan fingerprint density at radius 3 is 2.60 bits per heavy atom. The molecule has 0 aliphatic heterocycles. The van der Waals surface area contributed by atoms with Crippen LogP contribution >= 0.6 is 11.3 Å². The number of hydrogen-bond donors (Lipinski definition) is 2. The Morgan fingerprint density at radius 1 is 1.20 bits per heavy atom. The van der Waals surface area contributed by atoms with Crippen LogP contribution in [0.25, 0.3) is 0 Å². The van der Waals surface area contributed by atoms with Gasteiger partial charge >= 0.3 is 12.0 Å². The Bertz CT molecular complexity index is 576. The molecule has 1 aromatic heterocycles. The van der Waals surface area contributed by atoms with Crippen molar-refractivity contribution < 1.29 is 19.1 Å². The summed E-state index contributed by atoms with van der Waals surface area (Å²) < 4.78 is 4.79. The van der Waals surface area contributed by atoms with Crippen LogP contribution in [0.4, 0.5) is 4.79 Å². The second-order valence-corrected chi connectivity index (χ2v) is 6.21. The van der Waals surface area contributed by atoms with Gasteiger partial charge in [-0.1, -0.05) is 13.8 Å². The summed E-state index contributed by atoms with van der Waals surface area (Å²) in [5, 5.41) is 7.66. The highest BCUT2D eigenvalue weighted by Gasteiger charge is 2.17. The van der Waals surface area contributed by atoms with Gasteiger partial charge in [-0.2, -0.15) is 0 Å². The fourth-order valence-electron chi connectivity index (χ4n) is 1.97. The predicted octanol–water partition coefficient (Wildman–Crippen LogP) is 1.77. The van der Waals surface area contributed by atoms with Crippen LogP contribution in [-0.2, 0) is 16.1 Å². The first-order valence-corrected chi connectivity index (χ1v) is 9.30. The van der Waals surface area contributed by atoms with E-state index in [0.717, 1.165) is 12.8 Å². The van der Waals surface area contributed by atoms with Crippen LogP contribution in [0.15, 0.2) is 5.38 Å². The monoisotopic (exact) mass is 370 g/mol. The first-order chi connectivity index (χ1) is 12.0. The molecule has 0 spiro atoms. The molecule has 0 atom stereocenters. The van der Waals surface area contributed by atoms with Crippen LogP contribution in [-0.4, -0.2) is 54.0 Å². The molecule has 1 heterocycles. The van der Waals surface area contributed by atoms with Crippen LogP contribution in [0.1, 0.15) is 49.1 Å². The molecule has 1 aromatic rings. The Balaban J connectivity index is 2.62. The Labute approximate surface area is 151 Å². The fraction of sp³-hybridized carbons (Fsp3) is 0.625. The number of rotatable bonds is 10. The van der Waals surface area contributed by atoms with Crippen molar-refractivity contribution in [3.63, 3.8) is 0 Å². The van der Waals surface area contributed by atoms with Crippen molar-refractivity contribution in [2.75, 3.05) is 26.2 Å². The first-order valence-electron chi connectivity index (χ1n) is 8.42. The lowest BCUT2D eigenvalue weighted by atomic mass is 10.4. The van der Waals surface area contributed by atoms with Gasteiger partial charge in [0.15, 0.2) is 0 Å². The second-order valence-electron chi connectivity index (χ2n) is 5.27. The molecular formula is C16H26N4O4S. The number of hydrogen-bond acceptors (Lipinski definition) is 6. The molecular weight excluding hydrogens is 344 g/mol. The van der Waals surface area contributed by atoms with Crippen LogP contribution in [0.2, 0.25) is 0 Å². The first kappa shape index (κ1) is 20.9. The molecule has 0 unspecified atom stereocenters. The van der Waals surface area contributed by atoms with Crippen LogP contribution in [0.3, 0.4) is 0 Å². The number of nitrogens with zero attached hydrogens (tertiary/aromatic N) is 2. The lowest BCUT2D eigenvalue weighted by molar-refractivity contribution is -0.141. The predicted molar refractivity (Wildman–Crippen MR) is 95.5 cm³/mol. The maximum Gasteiger partial charge on any atom is 0.325 e. The van der Waals surface area contributed by atoms with Gasteiger partial charge in [-0.05, 0) is 19.8 Å². The zero-order chi connectivity index (χ0) is 18.7. The van der Waals surface area contributed by atoms with E-state index in [0.29, 0.717) is 23.8 Å². The molecule has 1 rings (SSSR count). The number of ether oxygens (including phenoxy) is 1. The van der Waals surface area contributed by atoms with Gasteiger partial charge in [-0.25, -0.2) is 9.78 Å². The number of amides is 3. The van der Waals surface area contributed by atoms with Gasteiger partial charge in [0.2, 0.25) is 0 Å². The summed E-state index contributed by atoms with van der Waals surface area (Å²) in [5.74, 6) is -0.686. The molecule has 9 heteroatoms. The van der Waals surface area contributed by atoms with Gasteiger partial charge in [0.25, 0.3) is 5.91 Å². The van der Waals surface area contributed by atoms with Crippen LogP contribution < -0.4 is 10.6 Å². The third-order valence-electron chi connectivity index (χ3n) is 3.12. The largest absolute Gasteiger partial charge is 0.465 e. The molecule has 8 nitrogen and oxygen atoms in total. The van der Waals surface area contributed by atoms with E-state index in [1.54, 1.807) is 17.2 Å². The normalized spacial score (nSPS) is 10.2. The summed E-state index contributed by atoms with van der Waals surface area (Å²) >= 11 is 1.33. The standard InChI is InChI=1S/C16H26N4O4S/c1-4-7-17-15(22)12-11-25-13(19-12)10-20(8-5-2)16(23)18-9-14(21)24-6-3/h11H,4-10H2,1-3H3,(H,17,22)(H,18,23). The van der Waals surface area contributed by atoms with Gasteiger partial charge in [-0.15, -0.1) is 11.3 Å². The van der Waals surface area contributed by atoms with E-state index in [2.05, 4.69) is 15.6 Å². The van der Waals surface area contributed by atoms with Crippen molar-refractivity contribution in [2.45, 2.75) is 40.2 Å². The molecule has 3 amide bonds. The topological polar surface area (TPSA) is 101 Å². The fourth-order valence-corrected chi connectivity index (χ4v) is 2.76. The maximum atomic E-state index is 12.2. The Kier molecular flexibility index (Phi) is 9.53. The highest BCUT2D eigenvalue weighted by Crippen LogP contribution is 2.13. The van der Waals surface area contributed by atoms with E-state index in [-0.39, 0.29) is 31.6 Å². The molecule has 0 bridgehead atoms. The molecule has 140 valence electrons. The summed E-state index contributed by atoms with van der Waals surface area (Å²) in [6.45, 7) is 7.15. The van der Waals surface area contributed by atoms with Crippen molar-refractivity contribution in [1.29, 1.82) is 0 Å². The van der Waals surface area contributed by atoms with E-state index in [4.69, 9.17) is 4.74 Å². The molecule has 2 N–H and O–H groups in total. The molecule has 0 aliphatic rings. The van der Waals surface area contributed by atoms with E-state index in [9.17, 15) is 14.4 Å². The highest BCUT2D eigenvalue weighted by molar-refractivity contribution is 7.09. The Morgan fingerprint density at radius 2 is 1.96 bits per heavy atom. The van der Waals surface area contributed by atoms with Gasteiger partial charge in [0.1, 0.15) is 17.2 Å². The van der Waals surface area contributed by atoms with Crippen molar-refractivity contribution >= 4 is 29.2 Å². The van der Waals surface area contributed by atoms with Gasteiger partial charge in [-0.3, -0.25) is 9.59 Å². The number of carbonyl (C=O) groups is 3. The van der Waals surface area contributed by atoms with Gasteiger partial charge in [0, 0.05) is 18.5 Å². The van der Waals surface area contributed by atoms with Crippen molar-refractivity contribution in [1.82, 2.24) is 20.5 Å². The van der Waals surface area contributed by atoms with E-state index < -0.39 is 5.97 Å². The number of esters is 1. The minimum atomic E-state index is -0.476. The summed E-state index contributed by atoms with van der Waals surface area (Å²) in [5.41, 5.74) is 0.358. The summed E-state index contributed by atoms with van der Waals surface area (Å²) in [6, 6.07) is -0.359. The molecule has 25 heavy (non-hydrogen) atoms. The van der Waals surface area contributed by atoms with E-state index >= 15 is 0 Å². The lowest BCUT2D eigenvalue weighted by Crippen LogP contribution is -2.42. The molecule has 0 radical (unpaired) electrons. The molecule has 0 saturated heterocycles. The average molecular weight is 370 g/mol. The minimum absolute atomic E-state index is 0.171.